The van der Waals surface area contributed by atoms with Crippen molar-refractivity contribution < 1.29 is 14.3 Å². The summed E-state index contributed by atoms with van der Waals surface area (Å²) in [4.78, 5) is 24.3. The van der Waals surface area contributed by atoms with Crippen molar-refractivity contribution in [2.24, 2.45) is 7.05 Å². The highest BCUT2D eigenvalue weighted by Crippen LogP contribution is 2.31. The first kappa shape index (κ1) is 19.7. The van der Waals surface area contributed by atoms with Crippen LogP contribution in [0, 0.1) is 0 Å². The Morgan fingerprint density at radius 1 is 1.30 bits per heavy atom. The van der Waals surface area contributed by atoms with Crippen LogP contribution < -0.4 is 10.6 Å². The lowest BCUT2D eigenvalue weighted by Gasteiger charge is -2.07. The fourth-order valence-corrected chi connectivity index (χ4v) is 3.41. The van der Waals surface area contributed by atoms with Gasteiger partial charge in [-0.1, -0.05) is 18.2 Å². The molecule has 30 heavy (non-hydrogen) atoms. The molecule has 4 aromatic rings. The number of nitrogens with one attached hydrogen (secondary N) is 3. The highest BCUT2D eigenvalue weighted by Gasteiger charge is 2.15. The maximum atomic E-state index is 11.7. The molecule has 3 N–H and O–H groups in total. The standard InChI is InChI=1S/C21H24N6O3/c1-22-20-17-18(27(2)12-24-17)15-10-16(25-19(15)26-20)14-6-4-5-13(9-14)11-30-21(28)23-7-8-29-3/h4-6,9-10,12H,7-8,11H2,1-3H3,(H,23,28)(H2,22,25,26). The number of anilines is 1. The van der Waals surface area contributed by atoms with Gasteiger partial charge < -0.3 is 29.7 Å². The predicted molar refractivity (Wildman–Crippen MR) is 115 cm³/mol. The van der Waals surface area contributed by atoms with Crippen molar-refractivity contribution in [3.8, 4) is 11.3 Å². The number of hydrogen-bond acceptors (Lipinski definition) is 6. The minimum Gasteiger partial charge on any atom is -0.445 e. The number of amides is 1. The fourth-order valence-electron chi connectivity index (χ4n) is 3.41. The van der Waals surface area contributed by atoms with Crippen LogP contribution in [0.3, 0.4) is 0 Å². The van der Waals surface area contributed by atoms with Gasteiger partial charge in [-0.25, -0.2) is 14.8 Å². The number of aryl methyl sites for hydroxylation is 1. The summed E-state index contributed by atoms with van der Waals surface area (Å²) in [6.07, 6.45) is 1.32. The lowest BCUT2D eigenvalue weighted by atomic mass is 10.1. The fraction of sp³-hybridized carbons (Fsp3) is 0.286. The summed E-state index contributed by atoms with van der Waals surface area (Å²) < 4.78 is 12.2. The molecule has 0 saturated carbocycles. The Balaban J connectivity index is 1.60. The second kappa shape index (κ2) is 8.42. The Kier molecular flexibility index (Phi) is 5.53. The third-order valence-corrected chi connectivity index (χ3v) is 4.86. The molecule has 0 unspecified atom stereocenters. The number of carbonyl (C=O) groups is 1. The molecule has 0 fully saturated rings. The first-order valence-corrected chi connectivity index (χ1v) is 9.61. The van der Waals surface area contributed by atoms with E-state index in [-0.39, 0.29) is 6.61 Å². The number of benzene rings is 1. The van der Waals surface area contributed by atoms with Crippen molar-refractivity contribution in [3.63, 3.8) is 0 Å². The number of methoxy groups -OCH3 is 1. The van der Waals surface area contributed by atoms with Gasteiger partial charge in [0.1, 0.15) is 17.8 Å². The molecule has 1 aromatic carbocycles. The van der Waals surface area contributed by atoms with Crippen molar-refractivity contribution in [3.05, 3.63) is 42.2 Å². The molecule has 156 valence electrons. The number of alkyl carbamates (subject to hydrolysis) is 1. The number of aromatic amines is 1. The Morgan fingerprint density at radius 3 is 2.97 bits per heavy atom. The lowest BCUT2D eigenvalue weighted by molar-refractivity contribution is 0.133. The maximum absolute atomic E-state index is 11.7. The van der Waals surface area contributed by atoms with Crippen molar-refractivity contribution in [2.75, 3.05) is 32.6 Å². The van der Waals surface area contributed by atoms with Crippen LogP contribution in [0.5, 0.6) is 0 Å². The molecule has 0 bridgehead atoms. The number of hydrogen-bond donors (Lipinski definition) is 3. The third kappa shape index (κ3) is 3.79. The Morgan fingerprint density at radius 2 is 2.17 bits per heavy atom. The van der Waals surface area contributed by atoms with Crippen LogP contribution in [-0.2, 0) is 23.1 Å². The number of carbonyl (C=O) groups excluding carboxylic acids is 1. The Labute approximate surface area is 173 Å². The van der Waals surface area contributed by atoms with Gasteiger partial charge in [0.15, 0.2) is 5.82 Å². The number of fused-ring (bicyclic) bond motifs is 3. The smallest absolute Gasteiger partial charge is 0.407 e. The van der Waals surface area contributed by atoms with Crippen LogP contribution in [-0.4, -0.2) is 52.9 Å². The highest BCUT2D eigenvalue weighted by molar-refractivity contribution is 6.07. The summed E-state index contributed by atoms with van der Waals surface area (Å²) in [5, 5.41) is 6.74. The van der Waals surface area contributed by atoms with Crippen molar-refractivity contribution in [1.82, 2.24) is 24.8 Å². The SMILES string of the molecule is CNc1nc2[nH]c(-c3cccc(COC(=O)NCCOC)c3)cc2c2c1ncn2C. The molecule has 0 aliphatic heterocycles. The number of ether oxygens (including phenoxy) is 2. The van der Waals surface area contributed by atoms with Gasteiger partial charge in [-0.3, -0.25) is 0 Å². The normalized spacial score (nSPS) is 11.2. The van der Waals surface area contributed by atoms with E-state index in [9.17, 15) is 4.79 Å². The zero-order valence-electron chi connectivity index (χ0n) is 17.2. The van der Waals surface area contributed by atoms with Crippen LogP contribution in [0.15, 0.2) is 36.7 Å². The lowest BCUT2D eigenvalue weighted by Crippen LogP contribution is -2.27. The topological polar surface area (TPSA) is 106 Å². The van der Waals surface area contributed by atoms with Crippen LogP contribution in [0.2, 0.25) is 0 Å². The minimum atomic E-state index is -0.467. The molecule has 0 spiro atoms. The summed E-state index contributed by atoms with van der Waals surface area (Å²) in [5.41, 5.74) is 5.43. The average Bonchev–Trinajstić information content (AvgIpc) is 3.35. The largest absolute Gasteiger partial charge is 0.445 e. The molecule has 0 radical (unpaired) electrons. The molecule has 0 atom stereocenters. The third-order valence-electron chi connectivity index (χ3n) is 4.86. The zero-order valence-corrected chi connectivity index (χ0v) is 17.2. The molecule has 4 rings (SSSR count). The summed E-state index contributed by atoms with van der Waals surface area (Å²) in [6, 6.07) is 9.93. The zero-order chi connectivity index (χ0) is 21.1. The van der Waals surface area contributed by atoms with E-state index >= 15 is 0 Å². The summed E-state index contributed by atoms with van der Waals surface area (Å²) in [6.45, 7) is 1.04. The van der Waals surface area contributed by atoms with Crippen molar-refractivity contribution in [1.29, 1.82) is 0 Å². The number of rotatable bonds is 7. The van der Waals surface area contributed by atoms with Gasteiger partial charge in [-0.05, 0) is 23.3 Å². The maximum Gasteiger partial charge on any atom is 0.407 e. The van der Waals surface area contributed by atoms with E-state index in [1.54, 1.807) is 13.4 Å². The molecular formula is C21H24N6O3. The molecule has 3 heterocycles. The van der Waals surface area contributed by atoms with Gasteiger partial charge >= 0.3 is 6.09 Å². The van der Waals surface area contributed by atoms with Crippen molar-refractivity contribution in [2.45, 2.75) is 6.61 Å². The molecule has 0 aliphatic rings. The quantitative estimate of drug-likeness (QED) is 0.406. The van der Waals surface area contributed by atoms with Gasteiger partial charge in [0.05, 0.1) is 18.5 Å². The summed E-state index contributed by atoms with van der Waals surface area (Å²) in [5.74, 6) is 0.730. The van der Waals surface area contributed by atoms with Gasteiger partial charge in [0, 0.05) is 38.8 Å². The van der Waals surface area contributed by atoms with Crippen LogP contribution in [0.4, 0.5) is 10.6 Å². The van der Waals surface area contributed by atoms with E-state index in [0.29, 0.717) is 13.2 Å². The summed E-state index contributed by atoms with van der Waals surface area (Å²) >= 11 is 0. The van der Waals surface area contributed by atoms with E-state index in [1.165, 1.54) is 0 Å². The summed E-state index contributed by atoms with van der Waals surface area (Å²) in [7, 11) is 5.38. The molecule has 9 nitrogen and oxygen atoms in total. The van der Waals surface area contributed by atoms with E-state index < -0.39 is 6.09 Å². The van der Waals surface area contributed by atoms with Crippen molar-refractivity contribution >= 4 is 34.0 Å². The Bertz CT molecular complexity index is 1200. The number of pyridine rings is 1. The van der Waals surface area contributed by atoms with Crippen LogP contribution in [0.1, 0.15) is 5.56 Å². The molecular weight excluding hydrogens is 384 g/mol. The second-order valence-corrected chi connectivity index (χ2v) is 6.90. The number of imidazole rings is 1. The van der Waals surface area contributed by atoms with Gasteiger partial charge in [0.2, 0.25) is 0 Å². The molecule has 1 amide bonds. The minimum absolute atomic E-state index is 0.182. The predicted octanol–water partition coefficient (Wildman–Crippen LogP) is 3.03. The van der Waals surface area contributed by atoms with E-state index in [0.717, 1.165) is 44.7 Å². The monoisotopic (exact) mass is 408 g/mol. The van der Waals surface area contributed by atoms with E-state index in [4.69, 9.17) is 9.47 Å². The highest BCUT2D eigenvalue weighted by atomic mass is 16.5. The molecule has 3 aromatic heterocycles. The first-order valence-electron chi connectivity index (χ1n) is 9.61. The van der Waals surface area contributed by atoms with Crippen LogP contribution >= 0.6 is 0 Å². The Hall–Kier alpha value is -3.59. The van der Waals surface area contributed by atoms with Gasteiger partial charge in [-0.15, -0.1) is 0 Å². The number of nitrogens with zero attached hydrogens (tertiary/aromatic N) is 3. The van der Waals surface area contributed by atoms with E-state index in [1.807, 2.05) is 42.9 Å². The van der Waals surface area contributed by atoms with E-state index in [2.05, 4.69) is 31.7 Å². The van der Waals surface area contributed by atoms with Gasteiger partial charge in [-0.2, -0.15) is 0 Å². The molecule has 0 aliphatic carbocycles. The van der Waals surface area contributed by atoms with Crippen LogP contribution in [0.25, 0.3) is 33.3 Å². The molecule has 9 heteroatoms. The first-order chi connectivity index (χ1) is 14.6. The van der Waals surface area contributed by atoms with Gasteiger partial charge in [0.25, 0.3) is 0 Å². The average molecular weight is 408 g/mol. The number of H-pyrrole nitrogens is 1. The number of aromatic nitrogens is 4. The molecule has 0 saturated heterocycles. The second-order valence-electron chi connectivity index (χ2n) is 6.90.